The Labute approximate surface area is 109 Å². The second kappa shape index (κ2) is 5.53. The average Bonchev–Trinajstić information content (AvgIpc) is 2.37. The minimum Gasteiger partial charge on any atom is -0.368 e. The molecule has 2 atom stereocenters. The van der Waals surface area contributed by atoms with Gasteiger partial charge in [0, 0.05) is 6.54 Å². The first kappa shape index (κ1) is 13.1. The lowest BCUT2D eigenvalue weighted by molar-refractivity contribution is -0.126. The molecular weight excluding hydrogens is 224 g/mol. The molecule has 0 saturated heterocycles. The number of carbonyl (C=O) groups excluding carboxylic acids is 1. The Morgan fingerprint density at radius 1 is 1.44 bits per heavy atom. The van der Waals surface area contributed by atoms with Crippen molar-refractivity contribution in [3.8, 4) is 0 Å². The van der Waals surface area contributed by atoms with Gasteiger partial charge in [-0.3, -0.25) is 10.1 Å². The number of benzene rings is 1. The third-order valence-electron chi connectivity index (χ3n) is 3.94. The summed E-state index contributed by atoms with van der Waals surface area (Å²) in [4.78, 5) is 11.8. The van der Waals surface area contributed by atoms with Crippen LogP contribution in [0.2, 0.25) is 0 Å². The molecule has 3 nitrogen and oxygen atoms in total. The van der Waals surface area contributed by atoms with Crippen LogP contribution in [0.15, 0.2) is 30.3 Å². The predicted molar refractivity (Wildman–Crippen MR) is 72.8 cm³/mol. The number of nitrogens with two attached hydrogens (primary N) is 1. The van der Waals surface area contributed by atoms with Gasteiger partial charge in [0.15, 0.2) is 0 Å². The highest BCUT2D eigenvalue weighted by atomic mass is 16.1. The molecule has 0 heterocycles. The van der Waals surface area contributed by atoms with E-state index in [0.717, 1.165) is 19.3 Å². The van der Waals surface area contributed by atoms with E-state index < -0.39 is 5.54 Å². The molecule has 98 valence electrons. The Morgan fingerprint density at radius 3 is 2.78 bits per heavy atom. The summed E-state index contributed by atoms with van der Waals surface area (Å²) in [6, 6.07) is 10.1. The van der Waals surface area contributed by atoms with Gasteiger partial charge < -0.3 is 5.73 Å². The van der Waals surface area contributed by atoms with Crippen molar-refractivity contribution in [2.24, 2.45) is 11.7 Å². The molecule has 1 saturated carbocycles. The maximum Gasteiger partial charge on any atom is 0.237 e. The fourth-order valence-electron chi connectivity index (χ4n) is 2.89. The monoisotopic (exact) mass is 246 g/mol. The Balaban J connectivity index is 2.05. The number of hydrogen-bond donors (Lipinski definition) is 2. The number of rotatable bonds is 4. The van der Waals surface area contributed by atoms with Crippen molar-refractivity contribution < 1.29 is 4.79 Å². The molecule has 0 aromatic heterocycles. The van der Waals surface area contributed by atoms with Gasteiger partial charge in [-0.1, -0.05) is 50.1 Å². The SMILES string of the molecule is CC1CCCC(NCc2ccccc2)(C(N)=O)C1. The van der Waals surface area contributed by atoms with Crippen molar-refractivity contribution >= 4 is 5.91 Å². The van der Waals surface area contributed by atoms with E-state index in [-0.39, 0.29) is 5.91 Å². The van der Waals surface area contributed by atoms with E-state index in [9.17, 15) is 4.79 Å². The lowest BCUT2D eigenvalue weighted by Crippen LogP contribution is -2.57. The van der Waals surface area contributed by atoms with Crippen molar-refractivity contribution in [1.82, 2.24) is 5.32 Å². The lowest BCUT2D eigenvalue weighted by Gasteiger charge is -2.38. The molecule has 1 fully saturated rings. The van der Waals surface area contributed by atoms with Crippen LogP contribution in [0.1, 0.15) is 38.2 Å². The van der Waals surface area contributed by atoms with Gasteiger partial charge in [0.05, 0.1) is 5.54 Å². The number of nitrogens with one attached hydrogen (secondary N) is 1. The smallest absolute Gasteiger partial charge is 0.237 e. The fourth-order valence-corrected chi connectivity index (χ4v) is 2.89. The normalized spacial score (nSPS) is 27.9. The van der Waals surface area contributed by atoms with E-state index in [0.29, 0.717) is 12.5 Å². The summed E-state index contributed by atoms with van der Waals surface area (Å²) in [5.41, 5.74) is 6.31. The molecule has 2 unspecified atom stereocenters. The van der Waals surface area contributed by atoms with Crippen LogP contribution in [0.5, 0.6) is 0 Å². The van der Waals surface area contributed by atoms with Crippen LogP contribution in [0.25, 0.3) is 0 Å². The first-order valence-corrected chi connectivity index (χ1v) is 6.71. The van der Waals surface area contributed by atoms with Gasteiger partial charge in [-0.15, -0.1) is 0 Å². The largest absolute Gasteiger partial charge is 0.368 e. The molecule has 1 amide bonds. The lowest BCUT2D eigenvalue weighted by atomic mass is 9.76. The van der Waals surface area contributed by atoms with Crippen LogP contribution < -0.4 is 11.1 Å². The van der Waals surface area contributed by atoms with E-state index in [4.69, 9.17) is 5.73 Å². The topological polar surface area (TPSA) is 55.1 Å². The summed E-state index contributed by atoms with van der Waals surface area (Å²) in [5, 5.41) is 3.41. The third kappa shape index (κ3) is 2.91. The zero-order valence-corrected chi connectivity index (χ0v) is 11.0. The van der Waals surface area contributed by atoms with Crippen LogP contribution >= 0.6 is 0 Å². The van der Waals surface area contributed by atoms with Crippen LogP contribution in [0, 0.1) is 5.92 Å². The summed E-state index contributed by atoms with van der Waals surface area (Å²) in [7, 11) is 0. The molecule has 0 aliphatic heterocycles. The van der Waals surface area contributed by atoms with Crippen molar-refractivity contribution in [2.75, 3.05) is 0 Å². The number of hydrogen-bond acceptors (Lipinski definition) is 2. The highest BCUT2D eigenvalue weighted by Gasteiger charge is 2.39. The molecule has 1 aliphatic carbocycles. The van der Waals surface area contributed by atoms with E-state index >= 15 is 0 Å². The molecule has 3 N–H and O–H groups in total. The first-order valence-electron chi connectivity index (χ1n) is 6.71. The minimum atomic E-state index is -0.506. The molecule has 18 heavy (non-hydrogen) atoms. The molecule has 0 bridgehead atoms. The van der Waals surface area contributed by atoms with Crippen LogP contribution in [0.3, 0.4) is 0 Å². The molecule has 3 heteroatoms. The second-order valence-electron chi connectivity index (χ2n) is 5.49. The molecular formula is C15H22N2O. The van der Waals surface area contributed by atoms with Crippen molar-refractivity contribution in [2.45, 2.75) is 44.7 Å². The number of amides is 1. The van der Waals surface area contributed by atoms with Crippen LogP contribution in [-0.4, -0.2) is 11.4 Å². The molecule has 0 radical (unpaired) electrons. The van der Waals surface area contributed by atoms with Gasteiger partial charge in [0.2, 0.25) is 5.91 Å². The maximum atomic E-state index is 11.8. The number of primary amides is 1. The quantitative estimate of drug-likeness (QED) is 0.855. The van der Waals surface area contributed by atoms with E-state index in [1.165, 1.54) is 12.0 Å². The highest BCUT2D eigenvalue weighted by Crippen LogP contribution is 2.32. The standard InChI is InChI=1S/C15H22N2O/c1-12-6-5-9-15(10-12,14(16)18)17-11-13-7-3-2-4-8-13/h2-4,7-8,12,17H,5-6,9-11H2,1H3,(H2,16,18). The highest BCUT2D eigenvalue weighted by molar-refractivity contribution is 5.84. The van der Waals surface area contributed by atoms with Crippen molar-refractivity contribution in [3.05, 3.63) is 35.9 Å². The first-order chi connectivity index (χ1) is 8.62. The maximum absolute atomic E-state index is 11.8. The summed E-state index contributed by atoms with van der Waals surface area (Å²) < 4.78 is 0. The molecule has 2 rings (SSSR count). The Morgan fingerprint density at radius 2 is 2.17 bits per heavy atom. The van der Waals surface area contributed by atoms with Crippen LogP contribution in [-0.2, 0) is 11.3 Å². The summed E-state index contributed by atoms with van der Waals surface area (Å²) in [6.07, 6.45) is 3.99. The van der Waals surface area contributed by atoms with E-state index in [1.54, 1.807) is 0 Å². The van der Waals surface area contributed by atoms with Gasteiger partial charge in [-0.2, -0.15) is 0 Å². The Bertz CT molecular complexity index is 404. The van der Waals surface area contributed by atoms with Crippen molar-refractivity contribution in [3.63, 3.8) is 0 Å². The van der Waals surface area contributed by atoms with Gasteiger partial charge in [0.1, 0.15) is 0 Å². The second-order valence-corrected chi connectivity index (χ2v) is 5.49. The molecule has 0 spiro atoms. The zero-order chi connectivity index (χ0) is 13.0. The molecule has 1 aromatic rings. The van der Waals surface area contributed by atoms with Gasteiger partial charge in [-0.05, 0) is 24.3 Å². The summed E-state index contributed by atoms with van der Waals surface area (Å²) in [6.45, 7) is 2.90. The van der Waals surface area contributed by atoms with Crippen molar-refractivity contribution in [1.29, 1.82) is 0 Å². The molecule has 1 aromatic carbocycles. The average molecular weight is 246 g/mol. The van der Waals surface area contributed by atoms with Gasteiger partial charge in [-0.25, -0.2) is 0 Å². The Kier molecular flexibility index (Phi) is 4.02. The molecule has 1 aliphatic rings. The van der Waals surface area contributed by atoms with Crippen LogP contribution in [0.4, 0.5) is 0 Å². The third-order valence-corrected chi connectivity index (χ3v) is 3.94. The van der Waals surface area contributed by atoms with E-state index in [2.05, 4.69) is 24.4 Å². The van der Waals surface area contributed by atoms with E-state index in [1.807, 2.05) is 18.2 Å². The predicted octanol–water partition coefficient (Wildman–Crippen LogP) is 2.21. The number of carbonyl (C=O) groups is 1. The minimum absolute atomic E-state index is 0.204. The summed E-state index contributed by atoms with van der Waals surface area (Å²) in [5.74, 6) is 0.361. The van der Waals surface area contributed by atoms with Gasteiger partial charge in [0.25, 0.3) is 0 Å². The Hall–Kier alpha value is -1.35. The fraction of sp³-hybridized carbons (Fsp3) is 0.533. The van der Waals surface area contributed by atoms with Gasteiger partial charge >= 0.3 is 0 Å². The summed E-state index contributed by atoms with van der Waals surface area (Å²) >= 11 is 0. The zero-order valence-electron chi connectivity index (χ0n) is 11.0.